The average molecular weight is 219 g/mol. The molecule has 16 heavy (non-hydrogen) atoms. The highest BCUT2D eigenvalue weighted by atomic mass is 16.3. The fraction of sp³-hybridized carbons (Fsp3) is 0.417. The van der Waals surface area contributed by atoms with Gasteiger partial charge in [-0.25, -0.2) is 0 Å². The summed E-state index contributed by atoms with van der Waals surface area (Å²) in [5.74, 6) is 0. The molecular weight excluding hydrogens is 202 g/mol. The van der Waals surface area contributed by atoms with Crippen LogP contribution >= 0.6 is 0 Å². The van der Waals surface area contributed by atoms with Crippen molar-refractivity contribution < 1.29 is 5.11 Å². The fourth-order valence-corrected chi connectivity index (χ4v) is 1.74. The number of hydrogen-bond donors (Lipinski definition) is 2. The van der Waals surface area contributed by atoms with Crippen molar-refractivity contribution >= 4 is 12.0 Å². The van der Waals surface area contributed by atoms with Crippen molar-refractivity contribution in [2.24, 2.45) is 10.7 Å². The van der Waals surface area contributed by atoms with Crippen molar-refractivity contribution in [1.82, 2.24) is 0 Å². The summed E-state index contributed by atoms with van der Waals surface area (Å²) in [5.41, 5.74) is 7.60. The molecule has 0 spiro atoms. The summed E-state index contributed by atoms with van der Waals surface area (Å²) >= 11 is 0. The molecule has 0 aliphatic carbocycles. The number of aliphatic hydroxyl groups excluding tert-OH is 1. The molecular formula is C12H17N3O. The number of nitrogens with two attached hydrogens (primary N) is 1. The third-order valence-electron chi connectivity index (χ3n) is 2.76. The van der Waals surface area contributed by atoms with E-state index in [2.05, 4.69) is 9.89 Å². The summed E-state index contributed by atoms with van der Waals surface area (Å²) in [7, 11) is 0. The molecule has 4 nitrogen and oxygen atoms in total. The molecule has 0 aromatic heterocycles. The molecule has 0 saturated heterocycles. The largest absolute Gasteiger partial charge is 0.387 e. The van der Waals surface area contributed by atoms with E-state index in [0.717, 1.165) is 24.3 Å². The maximum Gasteiger partial charge on any atom is 0.0938 e. The predicted molar refractivity (Wildman–Crippen MR) is 65.8 cm³/mol. The van der Waals surface area contributed by atoms with Crippen molar-refractivity contribution in [3.05, 3.63) is 29.8 Å². The second-order valence-corrected chi connectivity index (χ2v) is 4.11. The first-order valence-corrected chi connectivity index (χ1v) is 5.48. The topological polar surface area (TPSA) is 61.9 Å². The Labute approximate surface area is 95.4 Å². The molecule has 2 atom stereocenters. The van der Waals surface area contributed by atoms with E-state index in [4.69, 9.17) is 5.73 Å². The first kappa shape index (κ1) is 11.1. The van der Waals surface area contributed by atoms with Crippen molar-refractivity contribution in [3.8, 4) is 0 Å². The van der Waals surface area contributed by atoms with Gasteiger partial charge in [0.05, 0.1) is 19.0 Å². The second-order valence-electron chi connectivity index (χ2n) is 4.11. The maximum absolute atomic E-state index is 9.79. The summed E-state index contributed by atoms with van der Waals surface area (Å²) < 4.78 is 0. The Balaban J connectivity index is 2.12. The first-order chi connectivity index (χ1) is 7.68. The third kappa shape index (κ3) is 2.23. The fourth-order valence-electron chi connectivity index (χ4n) is 1.74. The molecule has 1 aliphatic rings. The van der Waals surface area contributed by atoms with Crippen LogP contribution in [0.3, 0.4) is 0 Å². The zero-order chi connectivity index (χ0) is 11.5. The van der Waals surface area contributed by atoms with Gasteiger partial charge in [0.25, 0.3) is 0 Å². The highest BCUT2D eigenvalue weighted by Gasteiger charge is 2.13. The summed E-state index contributed by atoms with van der Waals surface area (Å²) in [6, 6.07) is 7.54. The Morgan fingerprint density at radius 2 is 2.06 bits per heavy atom. The van der Waals surface area contributed by atoms with Crippen LogP contribution in [0.2, 0.25) is 0 Å². The molecule has 0 fully saturated rings. The first-order valence-electron chi connectivity index (χ1n) is 5.48. The van der Waals surface area contributed by atoms with Gasteiger partial charge in [0, 0.05) is 18.3 Å². The lowest BCUT2D eigenvalue weighted by Crippen LogP contribution is -2.24. The molecule has 1 heterocycles. The van der Waals surface area contributed by atoms with E-state index in [-0.39, 0.29) is 6.04 Å². The van der Waals surface area contributed by atoms with E-state index in [9.17, 15) is 5.11 Å². The number of aliphatic imine (C=N–C) groups is 1. The van der Waals surface area contributed by atoms with Gasteiger partial charge in [-0.2, -0.15) is 0 Å². The highest BCUT2D eigenvalue weighted by molar-refractivity contribution is 5.80. The van der Waals surface area contributed by atoms with E-state index < -0.39 is 6.10 Å². The molecule has 1 aromatic carbocycles. The van der Waals surface area contributed by atoms with Crippen LogP contribution in [0, 0.1) is 0 Å². The number of anilines is 1. The Hall–Kier alpha value is -1.39. The molecule has 86 valence electrons. The average Bonchev–Trinajstić information content (AvgIpc) is 2.81. The van der Waals surface area contributed by atoms with Gasteiger partial charge in [-0.3, -0.25) is 4.99 Å². The van der Waals surface area contributed by atoms with E-state index in [0.29, 0.717) is 0 Å². The van der Waals surface area contributed by atoms with Crippen molar-refractivity contribution in [1.29, 1.82) is 0 Å². The van der Waals surface area contributed by atoms with E-state index in [1.807, 2.05) is 30.6 Å². The van der Waals surface area contributed by atoms with Crippen LogP contribution < -0.4 is 10.6 Å². The molecule has 0 saturated carbocycles. The van der Waals surface area contributed by atoms with Crippen LogP contribution in [0.15, 0.2) is 29.3 Å². The van der Waals surface area contributed by atoms with Crippen LogP contribution in [0.1, 0.15) is 18.6 Å². The minimum atomic E-state index is -0.596. The summed E-state index contributed by atoms with van der Waals surface area (Å²) in [5, 5.41) is 9.79. The lowest BCUT2D eigenvalue weighted by Gasteiger charge is -2.17. The van der Waals surface area contributed by atoms with Crippen LogP contribution in [0.4, 0.5) is 5.69 Å². The van der Waals surface area contributed by atoms with Crippen LogP contribution in [-0.2, 0) is 0 Å². The van der Waals surface area contributed by atoms with E-state index in [1.54, 1.807) is 6.92 Å². The molecule has 0 amide bonds. The monoisotopic (exact) mass is 219 g/mol. The summed E-state index contributed by atoms with van der Waals surface area (Å²) in [6.45, 7) is 3.57. The molecule has 0 radical (unpaired) electrons. The van der Waals surface area contributed by atoms with Gasteiger partial charge in [-0.15, -0.1) is 0 Å². The number of aliphatic hydroxyl groups is 1. The molecule has 1 aliphatic heterocycles. The number of rotatable bonds is 3. The van der Waals surface area contributed by atoms with Gasteiger partial charge >= 0.3 is 0 Å². The van der Waals surface area contributed by atoms with Gasteiger partial charge in [-0.1, -0.05) is 12.1 Å². The number of benzene rings is 1. The third-order valence-corrected chi connectivity index (χ3v) is 2.76. The SMILES string of the molecule is CC(N)C(O)c1ccc(N2C=NCC2)cc1. The number of nitrogens with zero attached hydrogens (tertiary/aromatic N) is 2. The Kier molecular flexibility index (Phi) is 3.22. The van der Waals surface area contributed by atoms with Crippen molar-refractivity contribution in [2.75, 3.05) is 18.0 Å². The lowest BCUT2D eigenvalue weighted by molar-refractivity contribution is 0.153. The predicted octanol–water partition coefficient (Wildman–Crippen LogP) is 0.915. The Morgan fingerprint density at radius 1 is 1.38 bits per heavy atom. The Morgan fingerprint density at radius 3 is 2.56 bits per heavy atom. The molecule has 2 unspecified atom stereocenters. The second kappa shape index (κ2) is 4.63. The quantitative estimate of drug-likeness (QED) is 0.794. The molecule has 0 bridgehead atoms. The van der Waals surface area contributed by atoms with E-state index >= 15 is 0 Å². The van der Waals surface area contributed by atoms with Gasteiger partial charge in [0.1, 0.15) is 0 Å². The summed E-state index contributed by atoms with van der Waals surface area (Å²) in [4.78, 5) is 6.24. The molecule has 1 aromatic rings. The zero-order valence-corrected chi connectivity index (χ0v) is 9.37. The normalized spacial score (nSPS) is 18.8. The zero-order valence-electron chi connectivity index (χ0n) is 9.37. The minimum absolute atomic E-state index is 0.251. The van der Waals surface area contributed by atoms with Gasteiger partial charge in [0.15, 0.2) is 0 Å². The van der Waals surface area contributed by atoms with Crippen LogP contribution in [-0.4, -0.2) is 30.6 Å². The van der Waals surface area contributed by atoms with Gasteiger partial charge in [-0.05, 0) is 24.6 Å². The van der Waals surface area contributed by atoms with Crippen molar-refractivity contribution in [3.63, 3.8) is 0 Å². The molecule has 4 heteroatoms. The van der Waals surface area contributed by atoms with Crippen LogP contribution in [0.5, 0.6) is 0 Å². The molecule has 2 rings (SSSR count). The minimum Gasteiger partial charge on any atom is -0.387 e. The summed E-state index contributed by atoms with van der Waals surface area (Å²) in [6.07, 6.45) is 1.25. The van der Waals surface area contributed by atoms with Gasteiger partial charge < -0.3 is 15.7 Å². The maximum atomic E-state index is 9.79. The van der Waals surface area contributed by atoms with E-state index in [1.165, 1.54) is 0 Å². The standard InChI is InChI=1S/C12H17N3O/c1-9(13)12(16)10-2-4-11(5-3-10)15-7-6-14-8-15/h2-5,8-9,12,16H,6-7,13H2,1H3. The lowest BCUT2D eigenvalue weighted by atomic mass is 10.0. The number of hydrogen-bond acceptors (Lipinski definition) is 4. The Bertz CT molecular complexity index is 372. The highest BCUT2D eigenvalue weighted by Crippen LogP contribution is 2.20. The molecule has 3 N–H and O–H groups in total. The van der Waals surface area contributed by atoms with Crippen LogP contribution in [0.25, 0.3) is 0 Å². The smallest absolute Gasteiger partial charge is 0.0938 e. The van der Waals surface area contributed by atoms with Crippen molar-refractivity contribution in [2.45, 2.75) is 19.1 Å². The van der Waals surface area contributed by atoms with Gasteiger partial charge in [0.2, 0.25) is 0 Å².